The zero-order valence-corrected chi connectivity index (χ0v) is 24.7. The first-order valence-electron chi connectivity index (χ1n) is 15.4. The molecule has 4 aliphatic rings. The second-order valence-corrected chi connectivity index (χ2v) is 14.8. The quantitative estimate of drug-likeness (QED) is 0.333. The van der Waals surface area contributed by atoms with Gasteiger partial charge >= 0.3 is 17.9 Å². The first-order chi connectivity index (χ1) is 17.7. The van der Waals surface area contributed by atoms with Crippen LogP contribution in [0.25, 0.3) is 0 Å². The Morgan fingerprint density at radius 2 is 1.55 bits per heavy atom. The third kappa shape index (κ3) is 6.09. The first kappa shape index (κ1) is 29.4. The van der Waals surface area contributed by atoms with Crippen molar-refractivity contribution >= 4 is 17.9 Å². The Morgan fingerprint density at radius 3 is 2.24 bits per heavy atom. The number of rotatable bonds is 8. The third-order valence-electron chi connectivity index (χ3n) is 11.4. The average molecular weight is 533 g/mol. The maximum atomic E-state index is 12.4. The molecule has 0 aliphatic heterocycles. The van der Waals surface area contributed by atoms with Gasteiger partial charge in [0.05, 0.1) is 12.8 Å². The molecule has 38 heavy (non-hydrogen) atoms. The van der Waals surface area contributed by atoms with E-state index in [0.717, 1.165) is 43.4 Å². The molecular formula is C32H52O6. The number of fused-ring (bicyclic) bond motifs is 5. The molecule has 0 spiro atoms. The standard InChI is InChI=1S/C32H52O6/c1-20(7-13-29(36)38-30(2,3)4)24-10-11-25-23-9-8-21-19-22(37-28(35)14-12-27(33)34)15-17-31(21,5)26(23)16-18-32(24,25)6/h20-26H,7-19H2,1-6H3,(H,33,34)/t20?,21?,22?,23?,24?,25?,26?,31-,32+/m0/s1. The van der Waals surface area contributed by atoms with Crippen molar-refractivity contribution in [1.29, 1.82) is 0 Å². The van der Waals surface area contributed by atoms with Gasteiger partial charge in [0.25, 0.3) is 0 Å². The predicted molar refractivity (Wildman–Crippen MR) is 146 cm³/mol. The van der Waals surface area contributed by atoms with Crippen LogP contribution in [0.15, 0.2) is 0 Å². The highest BCUT2D eigenvalue weighted by atomic mass is 16.6. The molecule has 6 nitrogen and oxygen atoms in total. The van der Waals surface area contributed by atoms with Gasteiger partial charge in [-0.15, -0.1) is 0 Å². The third-order valence-corrected chi connectivity index (χ3v) is 11.4. The maximum absolute atomic E-state index is 12.4. The fourth-order valence-electron chi connectivity index (χ4n) is 9.69. The normalized spacial score (nSPS) is 39.3. The van der Waals surface area contributed by atoms with Gasteiger partial charge in [0.2, 0.25) is 0 Å². The summed E-state index contributed by atoms with van der Waals surface area (Å²) in [5.41, 5.74) is 0.266. The number of carbonyl (C=O) groups excluding carboxylic acids is 2. The summed E-state index contributed by atoms with van der Waals surface area (Å²) in [4.78, 5) is 35.3. The Labute approximate surface area is 230 Å². The van der Waals surface area contributed by atoms with Gasteiger partial charge in [-0.25, -0.2) is 0 Å². The van der Waals surface area contributed by atoms with Crippen molar-refractivity contribution in [2.75, 3.05) is 0 Å². The summed E-state index contributed by atoms with van der Waals surface area (Å²) in [5.74, 6) is 2.74. The zero-order chi connectivity index (χ0) is 27.9. The lowest BCUT2D eigenvalue weighted by molar-refractivity contribution is -0.164. The molecule has 9 atom stereocenters. The van der Waals surface area contributed by atoms with Crippen LogP contribution in [-0.4, -0.2) is 34.7 Å². The predicted octanol–water partition coefficient (Wildman–Crippen LogP) is 7.18. The highest BCUT2D eigenvalue weighted by molar-refractivity contribution is 5.76. The van der Waals surface area contributed by atoms with Crippen molar-refractivity contribution in [2.45, 2.75) is 137 Å². The molecule has 7 unspecified atom stereocenters. The Morgan fingerprint density at radius 1 is 0.868 bits per heavy atom. The van der Waals surface area contributed by atoms with Crippen LogP contribution < -0.4 is 0 Å². The summed E-state index contributed by atoms with van der Waals surface area (Å²) in [6.07, 6.45) is 11.8. The Balaban J connectivity index is 1.35. The monoisotopic (exact) mass is 532 g/mol. The van der Waals surface area contributed by atoms with Crippen LogP contribution in [0.4, 0.5) is 0 Å². The summed E-state index contributed by atoms with van der Waals surface area (Å²) >= 11 is 0. The molecule has 4 rings (SSSR count). The Hall–Kier alpha value is -1.59. The molecule has 0 aromatic rings. The van der Waals surface area contributed by atoms with Gasteiger partial charge in [0.1, 0.15) is 11.7 Å². The number of carboxylic acid groups (broad SMARTS) is 1. The summed E-state index contributed by atoms with van der Waals surface area (Å²) in [6, 6.07) is 0. The molecule has 0 heterocycles. The van der Waals surface area contributed by atoms with Crippen LogP contribution >= 0.6 is 0 Å². The molecule has 1 N–H and O–H groups in total. The molecule has 4 aliphatic carbocycles. The Kier molecular flexibility index (Phi) is 8.60. The van der Waals surface area contributed by atoms with Gasteiger partial charge in [-0.3, -0.25) is 14.4 Å². The van der Waals surface area contributed by atoms with E-state index in [1.54, 1.807) is 0 Å². The summed E-state index contributed by atoms with van der Waals surface area (Å²) in [7, 11) is 0. The van der Waals surface area contributed by atoms with Crippen LogP contribution in [0.5, 0.6) is 0 Å². The molecule has 0 radical (unpaired) electrons. The van der Waals surface area contributed by atoms with E-state index < -0.39 is 11.6 Å². The van der Waals surface area contributed by atoms with Gasteiger partial charge in [-0.2, -0.15) is 0 Å². The number of esters is 2. The highest BCUT2D eigenvalue weighted by Crippen LogP contribution is 2.68. The van der Waals surface area contributed by atoms with E-state index in [1.165, 1.54) is 38.5 Å². The molecule has 4 saturated carbocycles. The molecule has 4 fully saturated rings. The fraction of sp³-hybridized carbons (Fsp3) is 0.906. The first-order valence-corrected chi connectivity index (χ1v) is 15.4. The van der Waals surface area contributed by atoms with Crippen LogP contribution in [-0.2, 0) is 23.9 Å². The van der Waals surface area contributed by atoms with Crippen molar-refractivity contribution in [3.8, 4) is 0 Å². The van der Waals surface area contributed by atoms with E-state index >= 15 is 0 Å². The minimum absolute atomic E-state index is 0.0317. The van der Waals surface area contributed by atoms with Crippen molar-refractivity contribution in [3.63, 3.8) is 0 Å². The Bertz CT molecular complexity index is 891. The van der Waals surface area contributed by atoms with Gasteiger partial charge < -0.3 is 14.6 Å². The maximum Gasteiger partial charge on any atom is 0.306 e. The summed E-state index contributed by atoms with van der Waals surface area (Å²) in [5, 5.41) is 8.86. The fourth-order valence-corrected chi connectivity index (χ4v) is 9.69. The van der Waals surface area contributed by atoms with E-state index in [2.05, 4.69) is 20.8 Å². The van der Waals surface area contributed by atoms with E-state index in [4.69, 9.17) is 14.6 Å². The van der Waals surface area contributed by atoms with E-state index in [1.807, 2.05) is 20.8 Å². The number of ether oxygens (including phenoxy) is 2. The van der Waals surface area contributed by atoms with Crippen molar-refractivity contribution < 1.29 is 29.0 Å². The van der Waals surface area contributed by atoms with Crippen molar-refractivity contribution in [1.82, 2.24) is 0 Å². The summed E-state index contributed by atoms with van der Waals surface area (Å²) in [6.45, 7) is 13.3. The van der Waals surface area contributed by atoms with Gasteiger partial charge in [0.15, 0.2) is 0 Å². The second-order valence-electron chi connectivity index (χ2n) is 14.8. The number of aliphatic carboxylic acids is 1. The van der Waals surface area contributed by atoms with Gasteiger partial charge in [0, 0.05) is 6.42 Å². The van der Waals surface area contributed by atoms with Crippen LogP contribution in [0, 0.1) is 46.3 Å². The molecular weight excluding hydrogens is 480 g/mol. The van der Waals surface area contributed by atoms with E-state index in [9.17, 15) is 14.4 Å². The lowest BCUT2D eigenvalue weighted by Crippen LogP contribution is -2.54. The highest BCUT2D eigenvalue weighted by Gasteiger charge is 2.60. The van der Waals surface area contributed by atoms with Gasteiger partial charge in [-0.1, -0.05) is 20.8 Å². The van der Waals surface area contributed by atoms with Crippen molar-refractivity contribution in [3.05, 3.63) is 0 Å². The van der Waals surface area contributed by atoms with Gasteiger partial charge in [-0.05, 0) is 131 Å². The zero-order valence-electron chi connectivity index (χ0n) is 24.7. The molecule has 0 aromatic heterocycles. The molecule has 0 bridgehead atoms. The number of carboxylic acids is 1. The lowest BCUT2D eigenvalue weighted by Gasteiger charge is -2.61. The van der Waals surface area contributed by atoms with E-state index in [0.29, 0.717) is 35.0 Å². The smallest absolute Gasteiger partial charge is 0.306 e. The molecule has 0 saturated heterocycles. The van der Waals surface area contributed by atoms with Crippen LogP contribution in [0.3, 0.4) is 0 Å². The molecule has 216 valence electrons. The largest absolute Gasteiger partial charge is 0.481 e. The average Bonchev–Trinajstić information content (AvgIpc) is 3.17. The number of hydrogen-bond acceptors (Lipinski definition) is 5. The second kappa shape index (κ2) is 11.1. The van der Waals surface area contributed by atoms with Crippen LogP contribution in [0.1, 0.15) is 125 Å². The van der Waals surface area contributed by atoms with Crippen molar-refractivity contribution in [2.24, 2.45) is 46.3 Å². The lowest BCUT2D eigenvalue weighted by atomic mass is 9.44. The minimum Gasteiger partial charge on any atom is -0.481 e. The van der Waals surface area contributed by atoms with Crippen LogP contribution in [0.2, 0.25) is 0 Å². The number of hydrogen-bond donors (Lipinski definition) is 1. The molecule has 6 heteroatoms. The number of carbonyl (C=O) groups is 3. The minimum atomic E-state index is -0.952. The molecule has 0 aromatic carbocycles. The van der Waals surface area contributed by atoms with E-state index in [-0.39, 0.29) is 30.9 Å². The molecule has 0 amide bonds. The summed E-state index contributed by atoms with van der Waals surface area (Å²) < 4.78 is 11.3. The topological polar surface area (TPSA) is 89.9 Å². The SMILES string of the molecule is CC(CCC(=O)OC(C)(C)C)C1CCC2C3CCC4CC(OC(=O)CCC(=O)O)CC[C@]4(C)C3CC[C@]12C.